The standard InChI is InChI=1S/C12H18N2O/c1-9-4-6-14(8-9)12-7-11(10(2)15)3-5-13-12/h3,5,7,9-10,15H,4,6,8H2,1-2H3/t9?,10-/m0/s1. The second kappa shape index (κ2) is 4.19. The van der Waals surface area contributed by atoms with Gasteiger partial charge in [0.05, 0.1) is 6.10 Å². The number of anilines is 1. The number of aromatic nitrogens is 1. The summed E-state index contributed by atoms with van der Waals surface area (Å²) in [7, 11) is 0. The Kier molecular flexibility index (Phi) is 2.91. The number of pyridine rings is 1. The van der Waals surface area contributed by atoms with Crippen molar-refractivity contribution in [1.29, 1.82) is 0 Å². The Morgan fingerprint density at radius 3 is 3.00 bits per heavy atom. The second-order valence-electron chi connectivity index (χ2n) is 4.46. The molecule has 0 saturated carbocycles. The maximum absolute atomic E-state index is 9.50. The van der Waals surface area contributed by atoms with Crippen LogP contribution < -0.4 is 4.90 Å². The molecule has 82 valence electrons. The Balaban J connectivity index is 2.18. The van der Waals surface area contributed by atoms with Crippen LogP contribution in [0.15, 0.2) is 18.3 Å². The molecule has 1 unspecified atom stereocenters. The molecule has 2 rings (SSSR count). The largest absolute Gasteiger partial charge is 0.389 e. The zero-order chi connectivity index (χ0) is 10.8. The Labute approximate surface area is 90.8 Å². The van der Waals surface area contributed by atoms with Crippen molar-refractivity contribution in [3.63, 3.8) is 0 Å². The van der Waals surface area contributed by atoms with Gasteiger partial charge in [0.2, 0.25) is 0 Å². The number of nitrogens with zero attached hydrogens (tertiary/aromatic N) is 2. The van der Waals surface area contributed by atoms with E-state index in [4.69, 9.17) is 0 Å². The van der Waals surface area contributed by atoms with Crippen molar-refractivity contribution in [2.75, 3.05) is 18.0 Å². The lowest BCUT2D eigenvalue weighted by atomic mass is 10.1. The number of hydrogen-bond donors (Lipinski definition) is 1. The van der Waals surface area contributed by atoms with Gasteiger partial charge in [-0.2, -0.15) is 0 Å². The van der Waals surface area contributed by atoms with Crippen molar-refractivity contribution >= 4 is 5.82 Å². The third-order valence-corrected chi connectivity index (χ3v) is 3.00. The van der Waals surface area contributed by atoms with Crippen molar-refractivity contribution in [3.8, 4) is 0 Å². The van der Waals surface area contributed by atoms with Crippen LogP contribution in [0.4, 0.5) is 5.82 Å². The normalized spacial score (nSPS) is 23.1. The highest BCUT2D eigenvalue weighted by Gasteiger charge is 2.20. The minimum absolute atomic E-state index is 0.410. The van der Waals surface area contributed by atoms with Crippen molar-refractivity contribution in [1.82, 2.24) is 4.98 Å². The number of aliphatic hydroxyl groups excluding tert-OH is 1. The highest BCUT2D eigenvalue weighted by atomic mass is 16.3. The number of hydrogen-bond acceptors (Lipinski definition) is 3. The van der Waals surface area contributed by atoms with E-state index in [0.29, 0.717) is 0 Å². The summed E-state index contributed by atoms with van der Waals surface area (Å²) in [6, 6.07) is 3.86. The van der Waals surface area contributed by atoms with Gasteiger partial charge in [0, 0.05) is 19.3 Å². The molecule has 0 aromatic carbocycles. The van der Waals surface area contributed by atoms with Crippen LogP contribution >= 0.6 is 0 Å². The first-order valence-corrected chi connectivity index (χ1v) is 5.56. The molecule has 1 N–H and O–H groups in total. The summed E-state index contributed by atoms with van der Waals surface area (Å²) in [5, 5.41) is 9.50. The van der Waals surface area contributed by atoms with Gasteiger partial charge in [0.15, 0.2) is 0 Å². The van der Waals surface area contributed by atoms with Crippen LogP contribution in [0.1, 0.15) is 31.9 Å². The van der Waals surface area contributed by atoms with E-state index < -0.39 is 6.10 Å². The summed E-state index contributed by atoms with van der Waals surface area (Å²) >= 11 is 0. The van der Waals surface area contributed by atoms with Gasteiger partial charge in [-0.25, -0.2) is 4.98 Å². The van der Waals surface area contributed by atoms with Crippen LogP contribution in [-0.2, 0) is 0 Å². The highest BCUT2D eigenvalue weighted by Crippen LogP contribution is 2.23. The predicted molar refractivity (Wildman–Crippen MR) is 60.9 cm³/mol. The van der Waals surface area contributed by atoms with Crippen LogP contribution in [0.25, 0.3) is 0 Å². The van der Waals surface area contributed by atoms with Gasteiger partial charge in [0.25, 0.3) is 0 Å². The molecule has 2 heterocycles. The molecule has 1 saturated heterocycles. The van der Waals surface area contributed by atoms with E-state index in [1.165, 1.54) is 6.42 Å². The van der Waals surface area contributed by atoms with E-state index in [0.717, 1.165) is 30.4 Å². The van der Waals surface area contributed by atoms with E-state index >= 15 is 0 Å². The van der Waals surface area contributed by atoms with E-state index in [9.17, 15) is 5.11 Å². The minimum Gasteiger partial charge on any atom is -0.389 e. The summed E-state index contributed by atoms with van der Waals surface area (Å²) in [5.74, 6) is 1.75. The average molecular weight is 206 g/mol. The van der Waals surface area contributed by atoms with Gasteiger partial charge in [-0.05, 0) is 37.0 Å². The number of aliphatic hydroxyl groups is 1. The lowest BCUT2D eigenvalue weighted by Crippen LogP contribution is -2.20. The molecule has 0 bridgehead atoms. The van der Waals surface area contributed by atoms with Gasteiger partial charge in [0.1, 0.15) is 5.82 Å². The topological polar surface area (TPSA) is 36.4 Å². The summed E-state index contributed by atoms with van der Waals surface area (Å²) in [6.07, 6.45) is 2.60. The summed E-state index contributed by atoms with van der Waals surface area (Å²) in [6.45, 7) is 6.21. The third kappa shape index (κ3) is 2.29. The molecule has 0 amide bonds. The van der Waals surface area contributed by atoms with Crippen LogP contribution in [-0.4, -0.2) is 23.2 Å². The van der Waals surface area contributed by atoms with E-state index in [2.05, 4.69) is 16.8 Å². The molecule has 1 aromatic heterocycles. The van der Waals surface area contributed by atoms with Gasteiger partial charge in [-0.1, -0.05) is 6.92 Å². The van der Waals surface area contributed by atoms with Gasteiger partial charge < -0.3 is 10.0 Å². The molecule has 2 atom stereocenters. The monoisotopic (exact) mass is 206 g/mol. The fourth-order valence-electron chi connectivity index (χ4n) is 2.01. The maximum atomic E-state index is 9.50. The lowest BCUT2D eigenvalue weighted by Gasteiger charge is -2.18. The fourth-order valence-corrected chi connectivity index (χ4v) is 2.01. The molecule has 1 aliphatic rings. The van der Waals surface area contributed by atoms with Crippen molar-refractivity contribution < 1.29 is 5.11 Å². The molecule has 15 heavy (non-hydrogen) atoms. The second-order valence-corrected chi connectivity index (χ2v) is 4.46. The van der Waals surface area contributed by atoms with Gasteiger partial charge >= 0.3 is 0 Å². The quantitative estimate of drug-likeness (QED) is 0.803. The van der Waals surface area contributed by atoms with Crippen LogP contribution in [0, 0.1) is 5.92 Å². The molecule has 3 nitrogen and oxygen atoms in total. The molecule has 0 radical (unpaired) electrons. The van der Waals surface area contributed by atoms with Crippen molar-refractivity contribution in [2.45, 2.75) is 26.4 Å². The predicted octanol–water partition coefficient (Wildman–Crippen LogP) is 1.98. The molecular weight excluding hydrogens is 188 g/mol. The Hall–Kier alpha value is -1.09. The summed E-state index contributed by atoms with van der Waals surface area (Å²) in [5.41, 5.74) is 0.944. The van der Waals surface area contributed by atoms with Gasteiger partial charge in [-0.15, -0.1) is 0 Å². The SMILES string of the molecule is CC1CCN(c2cc([C@H](C)O)ccn2)C1. The van der Waals surface area contributed by atoms with E-state index in [-0.39, 0.29) is 0 Å². The number of rotatable bonds is 2. The van der Waals surface area contributed by atoms with Gasteiger partial charge in [-0.3, -0.25) is 0 Å². The van der Waals surface area contributed by atoms with Crippen LogP contribution in [0.5, 0.6) is 0 Å². The molecule has 1 fully saturated rings. The molecule has 1 aliphatic heterocycles. The zero-order valence-corrected chi connectivity index (χ0v) is 9.35. The van der Waals surface area contributed by atoms with E-state index in [1.54, 1.807) is 13.1 Å². The molecule has 0 aliphatic carbocycles. The molecule has 1 aromatic rings. The first-order valence-electron chi connectivity index (χ1n) is 5.56. The molecule has 3 heteroatoms. The summed E-state index contributed by atoms with van der Waals surface area (Å²) in [4.78, 5) is 6.64. The first-order chi connectivity index (χ1) is 7.16. The average Bonchev–Trinajstić information content (AvgIpc) is 2.65. The third-order valence-electron chi connectivity index (χ3n) is 3.00. The van der Waals surface area contributed by atoms with Crippen LogP contribution in [0.2, 0.25) is 0 Å². The summed E-state index contributed by atoms with van der Waals surface area (Å²) < 4.78 is 0. The van der Waals surface area contributed by atoms with Crippen molar-refractivity contribution in [2.24, 2.45) is 5.92 Å². The highest BCUT2D eigenvalue weighted by molar-refractivity contribution is 5.42. The smallest absolute Gasteiger partial charge is 0.128 e. The molecular formula is C12H18N2O. The zero-order valence-electron chi connectivity index (χ0n) is 9.35. The Bertz CT molecular complexity index is 338. The van der Waals surface area contributed by atoms with E-state index in [1.807, 2.05) is 12.1 Å². The van der Waals surface area contributed by atoms with Crippen molar-refractivity contribution in [3.05, 3.63) is 23.9 Å². The fraction of sp³-hybridized carbons (Fsp3) is 0.583. The lowest BCUT2D eigenvalue weighted by molar-refractivity contribution is 0.199. The Morgan fingerprint density at radius 2 is 2.40 bits per heavy atom. The molecule has 0 spiro atoms. The Morgan fingerprint density at radius 1 is 1.60 bits per heavy atom. The first kappa shape index (κ1) is 10.4. The maximum Gasteiger partial charge on any atom is 0.128 e. The van der Waals surface area contributed by atoms with Crippen LogP contribution in [0.3, 0.4) is 0 Å². The minimum atomic E-state index is -0.410.